The van der Waals surface area contributed by atoms with Crippen molar-refractivity contribution >= 4 is 38.9 Å². The Bertz CT molecular complexity index is 569. The van der Waals surface area contributed by atoms with Gasteiger partial charge in [0.1, 0.15) is 5.01 Å². The van der Waals surface area contributed by atoms with E-state index < -0.39 is 0 Å². The van der Waals surface area contributed by atoms with Crippen LogP contribution in [0.2, 0.25) is 0 Å². The molecule has 6 heteroatoms. The molecule has 0 aliphatic heterocycles. The fourth-order valence-electron chi connectivity index (χ4n) is 1.53. The van der Waals surface area contributed by atoms with E-state index in [1.54, 1.807) is 18.3 Å². The monoisotopic (exact) mass is 325 g/mol. The average Bonchev–Trinajstić information content (AvgIpc) is 2.83. The van der Waals surface area contributed by atoms with Crippen molar-refractivity contribution in [3.8, 4) is 0 Å². The number of hydrogen-bond donors (Lipinski definition) is 2. The number of anilines is 1. The molecule has 0 saturated heterocycles. The molecule has 1 amide bonds. The lowest BCUT2D eigenvalue weighted by atomic mass is 10.1. The molecule has 0 atom stereocenters. The molecule has 0 aliphatic rings. The molecule has 4 nitrogen and oxygen atoms in total. The van der Waals surface area contributed by atoms with Crippen LogP contribution in [0.4, 0.5) is 5.69 Å². The number of nitrogen functional groups attached to an aromatic ring is 1. The molecule has 3 N–H and O–H groups in total. The summed E-state index contributed by atoms with van der Waals surface area (Å²) in [5, 5.41) is 5.59. The summed E-state index contributed by atoms with van der Waals surface area (Å²) in [6.45, 7) is 2.27. The molecule has 0 bridgehead atoms. The van der Waals surface area contributed by atoms with Crippen molar-refractivity contribution in [3.05, 3.63) is 44.3 Å². The van der Waals surface area contributed by atoms with E-state index in [1.165, 1.54) is 11.3 Å². The number of thiazole rings is 1. The highest BCUT2D eigenvalue weighted by Crippen LogP contribution is 2.22. The molecule has 2 rings (SSSR count). The molecular formula is C12H12BrN3OS. The van der Waals surface area contributed by atoms with Crippen LogP contribution in [0.3, 0.4) is 0 Å². The molecule has 0 spiro atoms. The third kappa shape index (κ3) is 2.88. The summed E-state index contributed by atoms with van der Waals surface area (Å²) in [4.78, 5) is 16.2. The Labute approximate surface area is 117 Å². The summed E-state index contributed by atoms with van der Waals surface area (Å²) < 4.78 is 0.796. The zero-order chi connectivity index (χ0) is 13.1. The lowest BCUT2D eigenvalue weighted by molar-refractivity contribution is 0.0950. The Morgan fingerprint density at radius 1 is 1.56 bits per heavy atom. The van der Waals surface area contributed by atoms with Crippen molar-refractivity contribution in [1.29, 1.82) is 0 Å². The molecular weight excluding hydrogens is 314 g/mol. The first-order valence-electron chi connectivity index (χ1n) is 5.30. The Morgan fingerprint density at radius 2 is 2.33 bits per heavy atom. The van der Waals surface area contributed by atoms with Crippen molar-refractivity contribution in [2.45, 2.75) is 13.5 Å². The summed E-state index contributed by atoms with van der Waals surface area (Å²) in [5.74, 6) is -0.143. The van der Waals surface area contributed by atoms with E-state index in [0.29, 0.717) is 17.8 Å². The number of aromatic nitrogens is 1. The fraction of sp³-hybridized carbons (Fsp3) is 0.167. The van der Waals surface area contributed by atoms with E-state index in [4.69, 9.17) is 5.73 Å². The number of halogens is 1. The molecule has 94 valence electrons. The predicted molar refractivity (Wildman–Crippen MR) is 76.6 cm³/mol. The van der Waals surface area contributed by atoms with Crippen molar-refractivity contribution in [1.82, 2.24) is 10.3 Å². The minimum absolute atomic E-state index is 0.143. The van der Waals surface area contributed by atoms with E-state index in [0.717, 1.165) is 15.0 Å². The maximum absolute atomic E-state index is 12.1. The molecule has 2 aromatic rings. The molecule has 0 fully saturated rings. The summed E-state index contributed by atoms with van der Waals surface area (Å²) >= 11 is 4.85. The van der Waals surface area contributed by atoms with Crippen molar-refractivity contribution in [2.24, 2.45) is 0 Å². The van der Waals surface area contributed by atoms with Gasteiger partial charge in [-0.25, -0.2) is 4.98 Å². The largest absolute Gasteiger partial charge is 0.398 e. The smallest absolute Gasteiger partial charge is 0.252 e. The minimum Gasteiger partial charge on any atom is -0.398 e. The third-order valence-corrected chi connectivity index (χ3v) is 3.78. The summed E-state index contributed by atoms with van der Waals surface area (Å²) in [6.07, 6.45) is 1.72. The van der Waals surface area contributed by atoms with Gasteiger partial charge in [0.15, 0.2) is 0 Å². The zero-order valence-electron chi connectivity index (χ0n) is 9.74. The number of nitrogens with zero attached hydrogens (tertiary/aromatic N) is 1. The molecule has 18 heavy (non-hydrogen) atoms. The van der Waals surface area contributed by atoms with Gasteiger partial charge in [-0.15, -0.1) is 11.3 Å². The van der Waals surface area contributed by atoms with E-state index in [-0.39, 0.29) is 5.91 Å². The average molecular weight is 326 g/mol. The lowest BCUT2D eigenvalue weighted by Crippen LogP contribution is -2.23. The Hall–Kier alpha value is -1.40. The maximum atomic E-state index is 12.1. The topological polar surface area (TPSA) is 68.0 Å². The molecule has 0 aliphatic carbocycles. The summed E-state index contributed by atoms with van der Waals surface area (Å²) in [5.41, 5.74) is 7.80. The molecule has 1 heterocycles. The van der Waals surface area contributed by atoms with Crippen LogP contribution >= 0.6 is 27.3 Å². The van der Waals surface area contributed by atoms with E-state index >= 15 is 0 Å². The SMILES string of the molecule is Cc1c(N)cc(Br)cc1C(=O)NCc1nccs1. The van der Waals surface area contributed by atoms with Gasteiger partial charge in [0.05, 0.1) is 6.54 Å². The highest BCUT2D eigenvalue weighted by Gasteiger charge is 2.12. The van der Waals surface area contributed by atoms with Crippen molar-refractivity contribution in [3.63, 3.8) is 0 Å². The highest BCUT2D eigenvalue weighted by molar-refractivity contribution is 9.10. The fourth-order valence-corrected chi connectivity index (χ4v) is 2.56. The van der Waals surface area contributed by atoms with Crippen LogP contribution in [0.25, 0.3) is 0 Å². The van der Waals surface area contributed by atoms with Crippen molar-refractivity contribution in [2.75, 3.05) is 5.73 Å². The number of nitrogens with two attached hydrogens (primary N) is 1. The molecule has 0 radical (unpaired) electrons. The third-order valence-electron chi connectivity index (χ3n) is 2.54. The zero-order valence-corrected chi connectivity index (χ0v) is 12.1. The van der Waals surface area contributed by atoms with Crippen molar-refractivity contribution < 1.29 is 4.79 Å². The van der Waals surface area contributed by atoms with E-state index in [1.807, 2.05) is 12.3 Å². The van der Waals surface area contributed by atoms with E-state index in [9.17, 15) is 4.79 Å². The van der Waals surface area contributed by atoms with Crippen LogP contribution < -0.4 is 11.1 Å². The number of amides is 1. The van der Waals surface area contributed by atoms with Gasteiger partial charge < -0.3 is 11.1 Å². The molecule has 1 aromatic heterocycles. The second-order valence-corrected chi connectivity index (χ2v) is 5.67. The first-order valence-corrected chi connectivity index (χ1v) is 6.97. The van der Waals surface area contributed by atoms with Gasteiger partial charge in [0.2, 0.25) is 0 Å². The van der Waals surface area contributed by atoms with Gasteiger partial charge in [-0.3, -0.25) is 4.79 Å². The number of carbonyl (C=O) groups is 1. The van der Waals surface area contributed by atoms with Gasteiger partial charge in [-0.2, -0.15) is 0 Å². The van der Waals surface area contributed by atoms with Crippen LogP contribution in [-0.2, 0) is 6.54 Å². The lowest BCUT2D eigenvalue weighted by Gasteiger charge is -2.09. The normalized spacial score (nSPS) is 10.3. The molecule has 0 unspecified atom stereocenters. The number of rotatable bonds is 3. The van der Waals surface area contributed by atoms with Gasteiger partial charge in [0, 0.05) is 27.3 Å². The van der Waals surface area contributed by atoms with Crippen LogP contribution in [0.1, 0.15) is 20.9 Å². The number of benzene rings is 1. The standard InChI is InChI=1S/C12H12BrN3OS/c1-7-9(4-8(13)5-10(7)14)12(17)16-6-11-15-2-3-18-11/h2-5H,6,14H2,1H3,(H,16,17). The Balaban J connectivity index is 2.14. The number of hydrogen-bond acceptors (Lipinski definition) is 4. The second-order valence-electron chi connectivity index (χ2n) is 3.78. The molecule has 0 saturated carbocycles. The molecule has 1 aromatic carbocycles. The number of carbonyl (C=O) groups excluding carboxylic acids is 1. The quantitative estimate of drug-likeness (QED) is 0.852. The van der Waals surface area contributed by atoms with Crippen LogP contribution in [0, 0.1) is 6.92 Å². The van der Waals surface area contributed by atoms with Gasteiger partial charge in [-0.1, -0.05) is 15.9 Å². The summed E-state index contributed by atoms with van der Waals surface area (Å²) in [7, 11) is 0. The van der Waals surface area contributed by atoms with Gasteiger partial charge in [-0.05, 0) is 24.6 Å². The number of nitrogens with one attached hydrogen (secondary N) is 1. The summed E-state index contributed by atoms with van der Waals surface area (Å²) in [6, 6.07) is 3.55. The Kier molecular flexibility index (Phi) is 3.98. The Morgan fingerprint density at radius 3 is 3.00 bits per heavy atom. The van der Waals surface area contributed by atoms with Gasteiger partial charge in [0.25, 0.3) is 5.91 Å². The predicted octanol–water partition coefficient (Wildman–Crippen LogP) is 2.73. The minimum atomic E-state index is -0.143. The first-order chi connectivity index (χ1) is 8.58. The second kappa shape index (κ2) is 5.49. The highest BCUT2D eigenvalue weighted by atomic mass is 79.9. The van der Waals surface area contributed by atoms with Crippen LogP contribution in [0.15, 0.2) is 28.2 Å². The van der Waals surface area contributed by atoms with Gasteiger partial charge >= 0.3 is 0 Å². The first kappa shape index (κ1) is 13.0. The van der Waals surface area contributed by atoms with E-state index in [2.05, 4.69) is 26.2 Å². The van der Waals surface area contributed by atoms with Crippen LogP contribution in [0.5, 0.6) is 0 Å². The van der Waals surface area contributed by atoms with Crippen LogP contribution in [-0.4, -0.2) is 10.9 Å². The maximum Gasteiger partial charge on any atom is 0.252 e.